The summed E-state index contributed by atoms with van der Waals surface area (Å²) < 4.78 is 26.8. The summed E-state index contributed by atoms with van der Waals surface area (Å²) in [5.74, 6) is 6.02. The van der Waals surface area contributed by atoms with Crippen LogP contribution in [0.2, 0.25) is 0 Å². The van der Waals surface area contributed by atoms with Gasteiger partial charge in [0.1, 0.15) is 4.90 Å². The molecule has 2 rings (SSSR count). The van der Waals surface area contributed by atoms with Crippen LogP contribution in [0.15, 0.2) is 23.4 Å². The summed E-state index contributed by atoms with van der Waals surface area (Å²) in [6.45, 7) is 3.32. The van der Waals surface area contributed by atoms with Crippen LogP contribution in [-0.4, -0.2) is 30.8 Å². The van der Waals surface area contributed by atoms with E-state index in [0.29, 0.717) is 24.7 Å². The first-order chi connectivity index (χ1) is 9.59. The molecule has 3 N–H and O–H groups in total. The fourth-order valence-electron chi connectivity index (χ4n) is 2.69. The molecule has 2 heterocycles. The van der Waals surface area contributed by atoms with Gasteiger partial charge in [-0.25, -0.2) is 8.42 Å². The second-order valence-electron chi connectivity index (χ2n) is 5.15. The average molecular weight is 298 g/mol. The summed E-state index contributed by atoms with van der Waals surface area (Å²) in [4.78, 5) is 4.05. The van der Waals surface area contributed by atoms with Gasteiger partial charge in [-0.05, 0) is 24.8 Å². The molecule has 0 unspecified atom stereocenters. The molecule has 6 nitrogen and oxygen atoms in total. The Balaban J connectivity index is 2.16. The zero-order chi connectivity index (χ0) is 14.6. The maximum atomic E-state index is 12.6. The van der Waals surface area contributed by atoms with Crippen molar-refractivity contribution in [1.29, 1.82) is 0 Å². The van der Waals surface area contributed by atoms with Crippen molar-refractivity contribution in [2.75, 3.05) is 18.5 Å². The first-order valence-electron chi connectivity index (χ1n) is 7.00. The van der Waals surface area contributed by atoms with Gasteiger partial charge in [0.2, 0.25) is 10.0 Å². The number of hydrazine groups is 1. The third-order valence-corrected chi connectivity index (χ3v) is 5.75. The van der Waals surface area contributed by atoms with Crippen molar-refractivity contribution in [2.24, 2.45) is 11.8 Å². The van der Waals surface area contributed by atoms with Gasteiger partial charge in [-0.15, -0.1) is 0 Å². The molecule has 0 atom stereocenters. The van der Waals surface area contributed by atoms with Gasteiger partial charge in [0.15, 0.2) is 0 Å². The fraction of sp³-hybridized carbons (Fsp3) is 0.615. The second-order valence-corrected chi connectivity index (χ2v) is 7.06. The molecule has 0 bridgehead atoms. The van der Waals surface area contributed by atoms with E-state index in [4.69, 9.17) is 5.84 Å². The normalized spacial score (nSPS) is 18.1. The predicted molar refractivity (Wildman–Crippen MR) is 78.4 cm³/mol. The lowest BCUT2D eigenvalue weighted by molar-refractivity contribution is 0.262. The number of sulfonamides is 1. The van der Waals surface area contributed by atoms with E-state index >= 15 is 0 Å². The van der Waals surface area contributed by atoms with E-state index in [1.807, 2.05) is 0 Å². The third kappa shape index (κ3) is 3.11. The molecule has 1 saturated heterocycles. The molecule has 1 aliphatic rings. The van der Waals surface area contributed by atoms with Crippen LogP contribution in [-0.2, 0) is 10.0 Å². The summed E-state index contributed by atoms with van der Waals surface area (Å²) in [6, 6.07) is 1.57. The minimum atomic E-state index is -3.51. The van der Waals surface area contributed by atoms with Crippen molar-refractivity contribution in [3.63, 3.8) is 0 Å². The van der Waals surface area contributed by atoms with Crippen LogP contribution >= 0.6 is 0 Å². The molecule has 112 valence electrons. The molecule has 0 spiro atoms. The lowest BCUT2D eigenvalue weighted by Gasteiger charge is -2.31. The Bertz CT molecular complexity index is 539. The van der Waals surface area contributed by atoms with E-state index in [0.717, 1.165) is 19.3 Å². The van der Waals surface area contributed by atoms with Crippen molar-refractivity contribution >= 4 is 15.7 Å². The Labute approximate surface area is 120 Å². The van der Waals surface area contributed by atoms with Crippen LogP contribution in [0.1, 0.15) is 32.6 Å². The van der Waals surface area contributed by atoms with E-state index in [2.05, 4.69) is 17.3 Å². The summed E-state index contributed by atoms with van der Waals surface area (Å²) in [7, 11) is -3.51. The molecule has 7 heteroatoms. The quantitative estimate of drug-likeness (QED) is 0.636. The van der Waals surface area contributed by atoms with Crippen LogP contribution in [0.5, 0.6) is 0 Å². The number of nitrogens with two attached hydrogens (primary N) is 1. The molecule has 1 fully saturated rings. The molecular weight excluding hydrogens is 276 g/mol. The van der Waals surface area contributed by atoms with Gasteiger partial charge in [0.25, 0.3) is 0 Å². The van der Waals surface area contributed by atoms with E-state index in [1.165, 1.54) is 23.1 Å². The van der Waals surface area contributed by atoms with Gasteiger partial charge in [0.05, 0.1) is 5.69 Å². The van der Waals surface area contributed by atoms with Crippen molar-refractivity contribution in [1.82, 2.24) is 9.29 Å². The minimum Gasteiger partial charge on any atom is -0.323 e. The smallest absolute Gasteiger partial charge is 0.246 e. The van der Waals surface area contributed by atoms with E-state index in [1.54, 1.807) is 6.07 Å². The Morgan fingerprint density at radius 2 is 2.15 bits per heavy atom. The maximum absolute atomic E-state index is 12.6. The number of pyridine rings is 1. The summed E-state index contributed by atoms with van der Waals surface area (Å²) in [6.07, 6.45) is 7.06. The monoisotopic (exact) mass is 298 g/mol. The van der Waals surface area contributed by atoms with Crippen molar-refractivity contribution < 1.29 is 8.42 Å². The molecule has 1 aromatic heterocycles. The topological polar surface area (TPSA) is 88.3 Å². The number of nitrogens with zero attached hydrogens (tertiary/aromatic N) is 2. The van der Waals surface area contributed by atoms with E-state index < -0.39 is 10.0 Å². The van der Waals surface area contributed by atoms with Crippen LogP contribution in [0, 0.1) is 5.92 Å². The SMILES string of the molecule is CCCC1CCN(S(=O)(=O)c2cnccc2NN)CC1. The van der Waals surface area contributed by atoms with Gasteiger partial charge in [-0.1, -0.05) is 19.8 Å². The van der Waals surface area contributed by atoms with Gasteiger partial charge in [-0.3, -0.25) is 10.8 Å². The largest absolute Gasteiger partial charge is 0.323 e. The molecule has 0 radical (unpaired) electrons. The van der Waals surface area contributed by atoms with Gasteiger partial charge >= 0.3 is 0 Å². The molecule has 0 saturated carbocycles. The Morgan fingerprint density at radius 1 is 1.45 bits per heavy atom. The Kier molecular flexibility index (Phi) is 4.95. The first kappa shape index (κ1) is 15.2. The van der Waals surface area contributed by atoms with Crippen LogP contribution in [0.25, 0.3) is 0 Å². The summed E-state index contributed by atoms with van der Waals surface area (Å²) in [5.41, 5.74) is 2.81. The number of piperidine rings is 1. The lowest BCUT2D eigenvalue weighted by Crippen LogP contribution is -2.38. The number of hydrogen-bond acceptors (Lipinski definition) is 5. The van der Waals surface area contributed by atoms with Crippen LogP contribution in [0.4, 0.5) is 5.69 Å². The van der Waals surface area contributed by atoms with Crippen LogP contribution in [0.3, 0.4) is 0 Å². The van der Waals surface area contributed by atoms with Crippen LogP contribution < -0.4 is 11.3 Å². The van der Waals surface area contributed by atoms with Gasteiger partial charge in [0, 0.05) is 25.5 Å². The molecule has 20 heavy (non-hydrogen) atoms. The summed E-state index contributed by atoms with van der Waals surface area (Å²) >= 11 is 0. The standard InChI is InChI=1S/C13H22N4O2S/c1-2-3-11-5-8-17(9-6-11)20(18,19)13-10-15-7-4-12(13)16-14/h4,7,10-11H,2-3,5-6,8-9,14H2,1H3,(H,15,16). The molecule has 1 aromatic rings. The Morgan fingerprint density at radius 3 is 2.75 bits per heavy atom. The lowest BCUT2D eigenvalue weighted by atomic mass is 9.94. The Hall–Kier alpha value is -1.18. The van der Waals surface area contributed by atoms with E-state index in [-0.39, 0.29) is 4.90 Å². The number of nitrogens with one attached hydrogen (secondary N) is 1. The highest BCUT2D eigenvalue weighted by atomic mass is 32.2. The molecule has 0 aliphatic carbocycles. The molecular formula is C13H22N4O2S. The highest BCUT2D eigenvalue weighted by Crippen LogP contribution is 2.28. The zero-order valence-corrected chi connectivity index (χ0v) is 12.6. The predicted octanol–water partition coefficient (Wildman–Crippen LogP) is 1.57. The van der Waals surface area contributed by atoms with Gasteiger partial charge < -0.3 is 5.43 Å². The summed E-state index contributed by atoms with van der Waals surface area (Å²) in [5, 5.41) is 0. The highest BCUT2D eigenvalue weighted by Gasteiger charge is 2.30. The minimum absolute atomic E-state index is 0.149. The number of aromatic nitrogens is 1. The number of nitrogen functional groups attached to an aromatic ring is 1. The molecule has 0 amide bonds. The zero-order valence-electron chi connectivity index (χ0n) is 11.7. The number of anilines is 1. The number of rotatable bonds is 5. The average Bonchev–Trinajstić information content (AvgIpc) is 2.48. The highest BCUT2D eigenvalue weighted by molar-refractivity contribution is 7.89. The van der Waals surface area contributed by atoms with Gasteiger partial charge in [-0.2, -0.15) is 4.31 Å². The fourth-order valence-corrected chi connectivity index (χ4v) is 4.26. The van der Waals surface area contributed by atoms with Crippen molar-refractivity contribution in [3.8, 4) is 0 Å². The van der Waals surface area contributed by atoms with Crippen molar-refractivity contribution in [3.05, 3.63) is 18.5 Å². The molecule has 0 aromatic carbocycles. The third-order valence-electron chi connectivity index (χ3n) is 3.83. The maximum Gasteiger partial charge on any atom is 0.246 e. The molecule has 1 aliphatic heterocycles. The number of hydrogen-bond donors (Lipinski definition) is 2. The van der Waals surface area contributed by atoms with Crippen molar-refractivity contribution in [2.45, 2.75) is 37.5 Å². The first-order valence-corrected chi connectivity index (χ1v) is 8.44. The van der Waals surface area contributed by atoms with E-state index in [9.17, 15) is 8.42 Å². The second kappa shape index (κ2) is 6.51.